The maximum absolute atomic E-state index is 12.1. The molecule has 2 rings (SSSR count). The van der Waals surface area contributed by atoms with Crippen LogP contribution in [-0.2, 0) is 10.0 Å². The van der Waals surface area contributed by atoms with Gasteiger partial charge >= 0.3 is 5.97 Å². The van der Waals surface area contributed by atoms with Crippen LogP contribution in [0.5, 0.6) is 0 Å². The van der Waals surface area contributed by atoms with Crippen molar-refractivity contribution in [3.8, 4) is 0 Å². The number of aryl methyl sites for hydroxylation is 1. The number of aromatic nitrogens is 2. The highest BCUT2D eigenvalue weighted by molar-refractivity contribution is 7.92. The van der Waals surface area contributed by atoms with Crippen LogP contribution in [0.2, 0.25) is 0 Å². The smallest absolute Gasteiger partial charge is 0.335 e. The van der Waals surface area contributed by atoms with Gasteiger partial charge in [0, 0.05) is 11.8 Å². The first-order valence-corrected chi connectivity index (χ1v) is 6.95. The summed E-state index contributed by atoms with van der Waals surface area (Å²) in [6.45, 7) is 1.72. The number of aromatic amines is 1. The van der Waals surface area contributed by atoms with Gasteiger partial charge in [-0.3, -0.25) is 9.82 Å². The van der Waals surface area contributed by atoms with E-state index in [1.165, 1.54) is 12.1 Å². The average Bonchev–Trinajstić information content (AvgIpc) is 2.73. The Kier molecular flexibility index (Phi) is 3.36. The van der Waals surface area contributed by atoms with Crippen molar-refractivity contribution >= 4 is 27.5 Å². The van der Waals surface area contributed by atoms with Crippen molar-refractivity contribution in [2.75, 3.05) is 10.5 Å². The molecule has 0 spiro atoms. The Morgan fingerprint density at radius 1 is 1.40 bits per heavy atom. The Hall–Kier alpha value is -2.55. The molecule has 5 N–H and O–H groups in total. The highest BCUT2D eigenvalue weighted by atomic mass is 32.2. The van der Waals surface area contributed by atoms with Crippen molar-refractivity contribution in [3.05, 3.63) is 35.5 Å². The van der Waals surface area contributed by atoms with Crippen molar-refractivity contribution in [2.24, 2.45) is 0 Å². The van der Waals surface area contributed by atoms with Crippen LogP contribution in [0.4, 0.5) is 11.5 Å². The summed E-state index contributed by atoms with van der Waals surface area (Å²) in [4.78, 5) is 10.6. The Labute approximate surface area is 114 Å². The molecule has 0 amide bonds. The van der Waals surface area contributed by atoms with E-state index in [-0.39, 0.29) is 22.0 Å². The second-order valence-electron chi connectivity index (χ2n) is 4.10. The second kappa shape index (κ2) is 4.85. The zero-order valence-electron chi connectivity index (χ0n) is 10.4. The molecule has 0 aliphatic rings. The predicted octanol–water partition coefficient (Wildman–Crippen LogP) is 0.799. The Bertz CT molecular complexity index is 766. The molecule has 20 heavy (non-hydrogen) atoms. The number of carboxylic acids is 1. The normalized spacial score (nSPS) is 11.2. The van der Waals surface area contributed by atoms with Crippen molar-refractivity contribution in [3.63, 3.8) is 0 Å². The minimum absolute atomic E-state index is 0.0861. The molecule has 0 radical (unpaired) electrons. The van der Waals surface area contributed by atoms with E-state index >= 15 is 0 Å². The molecule has 106 valence electrons. The van der Waals surface area contributed by atoms with Gasteiger partial charge in [-0.2, -0.15) is 5.10 Å². The van der Waals surface area contributed by atoms with Gasteiger partial charge in [0.05, 0.1) is 11.3 Å². The summed E-state index contributed by atoms with van der Waals surface area (Å²) in [5.74, 6) is -1.05. The number of carbonyl (C=O) groups is 1. The number of nitrogens with one attached hydrogen (secondary N) is 2. The van der Waals surface area contributed by atoms with Gasteiger partial charge in [-0.1, -0.05) is 0 Å². The SMILES string of the molecule is Cc1cc(NS(=O)(=O)c2ccc(C(=O)O)cc2N)n[nH]1. The third kappa shape index (κ3) is 2.72. The summed E-state index contributed by atoms with van der Waals surface area (Å²) in [6, 6.07) is 4.91. The van der Waals surface area contributed by atoms with Crippen molar-refractivity contribution in [2.45, 2.75) is 11.8 Å². The summed E-state index contributed by atoms with van der Waals surface area (Å²) in [6.07, 6.45) is 0. The van der Waals surface area contributed by atoms with Crippen LogP contribution in [0.3, 0.4) is 0 Å². The number of nitrogens with zero attached hydrogens (tertiary/aromatic N) is 1. The lowest BCUT2D eigenvalue weighted by molar-refractivity contribution is 0.0697. The van der Waals surface area contributed by atoms with Crippen molar-refractivity contribution < 1.29 is 18.3 Å². The maximum atomic E-state index is 12.1. The maximum Gasteiger partial charge on any atom is 0.335 e. The third-order valence-corrected chi connectivity index (χ3v) is 3.92. The molecule has 1 aromatic carbocycles. The summed E-state index contributed by atoms with van der Waals surface area (Å²) < 4.78 is 26.5. The number of nitrogens with two attached hydrogens (primary N) is 1. The van der Waals surface area contributed by atoms with E-state index in [1.807, 2.05) is 0 Å². The zero-order chi connectivity index (χ0) is 14.9. The first kappa shape index (κ1) is 13.9. The molecule has 0 aliphatic heterocycles. The first-order chi connectivity index (χ1) is 9.29. The Balaban J connectivity index is 2.37. The number of hydrogen-bond acceptors (Lipinski definition) is 5. The molecule has 0 aliphatic carbocycles. The molecule has 8 nitrogen and oxygen atoms in total. The molecular weight excluding hydrogens is 284 g/mol. The topological polar surface area (TPSA) is 138 Å². The van der Waals surface area contributed by atoms with Gasteiger partial charge in [0.25, 0.3) is 10.0 Å². The van der Waals surface area contributed by atoms with Crippen LogP contribution in [0.15, 0.2) is 29.2 Å². The largest absolute Gasteiger partial charge is 0.478 e. The van der Waals surface area contributed by atoms with Gasteiger partial charge in [-0.15, -0.1) is 0 Å². The van der Waals surface area contributed by atoms with Gasteiger partial charge in [0.2, 0.25) is 0 Å². The zero-order valence-corrected chi connectivity index (χ0v) is 11.2. The van der Waals surface area contributed by atoms with Crippen LogP contribution in [0, 0.1) is 6.92 Å². The van der Waals surface area contributed by atoms with Crippen LogP contribution in [0.1, 0.15) is 16.1 Å². The van der Waals surface area contributed by atoms with E-state index < -0.39 is 16.0 Å². The number of benzene rings is 1. The average molecular weight is 296 g/mol. The third-order valence-electron chi connectivity index (χ3n) is 2.49. The van der Waals surface area contributed by atoms with Gasteiger partial charge < -0.3 is 10.8 Å². The van der Waals surface area contributed by atoms with Crippen LogP contribution in [0.25, 0.3) is 0 Å². The van der Waals surface area contributed by atoms with E-state index in [4.69, 9.17) is 10.8 Å². The summed E-state index contributed by atoms with van der Waals surface area (Å²) in [5, 5.41) is 15.2. The molecule has 1 aromatic heterocycles. The van der Waals surface area contributed by atoms with E-state index in [0.29, 0.717) is 5.69 Å². The van der Waals surface area contributed by atoms with Gasteiger partial charge in [0.15, 0.2) is 5.82 Å². The highest BCUT2D eigenvalue weighted by Crippen LogP contribution is 2.22. The highest BCUT2D eigenvalue weighted by Gasteiger charge is 2.20. The Morgan fingerprint density at radius 3 is 2.60 bits per heavy atom. The lowest BCUT2D eigenvalue weighted by Crippen LogP contribution is -2.15. The lowest BCUT2D eigenvalue weighted by Gasteiger charge is -2.08. The van der Waals surface area contributed by atoms with E-state index in [9.17, 15) is 13.2 Å². The number of sulfonamides is 1. The summed E-state index contributed by atoms with van der Waals surface area (Å²) in [7, 11) is -3.92. The molecule has 0 unspecified atom stereocenters. The second-order valence-corrected chi connectivity index (χ2v) is 5.75. The molecule has 0 saturated carbocycles. The fourth-order valence-electron chi connectivity index (χ4n) is 1.59. The lowest BCUT2D eigenvalue weighted by atomic mass is 10.2. The molecule has 0 bridgehead atoms. The van der Waals surface area contributed by atoms with E-state index in [0.717, 1.165) is 12.1 Å². The minimum atomic E-state index is -3.92. The number of nitrogen functional groups attached to an aromatic ring is 1. The first-order valence-electron chi connectivity index (χ1n) is 5.47. The Morgan fingerprint density at radius 2 is 2.10 bits per heavy atom. The molecule has 9 heteroatoms. The van der Waals surface area contributed by atoms with Crippen LogP contribution in [-0.4, -0.2) is 29.7 Å². The monoisotopic (exact) mass is 296 g/mol. The van der Waals surface area contributed by atoms with Gasteiger partial charge in [0.1, 0.15) is 4.90 Å². The number of hydrogen-bond donors (Lipinski definition) is 4. The number of H-pyrrole nitrogens is 1. The molecular formula is C11H12N4O4S. The molecule has 1 heterocycles. The van der Waals surface area contributed by atoms with Crippen molar-refractivity contribution in [1.82, 2.24) is 10.2 Å². The molecule has 2 aromatic rings. The fourth-order valence-corrected chi connectivity index (χ4v) is 2.70. The summed E-state index contributed by atoms with van der Waals surface area (Å²) in [5.41, 5.74) is 6.05. The molecule has 0 atom stereocenters. The number of carboxylic acid groups (broad SMARTS) is 1. The van der Waals surface area contributed by atoms with Gasteiger partial charge in [-0.25, -0.2) is 13.2 Å². The predicted molar refractivity (Wildman–Crippen MR) is 71.9 cm³/mol. The van der Waals surface area contributed by atoms with Crippen molar-refractivity contribution in [1.29, 1.82) is 0 Å². The van der Waals surface area contributed by atoms with Gasteiger partial charge in [-0.05, 0) is 25.1 Å². The standard InChI is InChI=1S/C11H12N4O4S/c1-6-4-10(14-13-6)15-20(18,19)9-3-2-7(11(16)17)5-8(9)12/h2-5H,12H2,1H3,(H,16,17)(H2,13,14,15). The quantitative estimate of drug-likeness (QED) is 0.615. The minimum Gasteiger partial charge on any atom is -0.478 e. The summed E-state index contributed by atoms with van der Waals surface area (Å²) >= 11 is 0. The number of rotatable bonds is 4. The van der Waals surface area contributed by atoms with E-state index in [1.54, 1.807) is 6.92 Å². The number of aromatic carboxylic acids is 1. The van der Waals surface area contributed by atoms with Crippen LogP contribution >= 0.6 is 0 Å². The molecule has 0 saturated heterocycles. The fraction of sp³-hybridized carbons (Fsp3) is 0.0909. The van der Waals surface area contributed by atoms with Crippen LogP contribution < -0.4 is 10.5 Å². The number of anilines is 2. The van der Waals surface area contributed by atoms with E-state index in [2.05, 4.69) is 14.9 Å². The molecule has 0 fully saturated rings.